The summed E-state index contributed by atoms with van der Waals surface area (Å²) in [6, 6.07) is 4.11. The number of phenols is 1. The fourth-order valence-corrected chi connectivity index (χ4v) is 2.38. The highest BCUT2D eigenvalue weighted by atomic mass is 16.5. The van der Waals surface area contributed by atoms with Crippen molar-refractivity contribution in [3.05, 3.63) is 23.3 Å². The first-order valence-corrected chi connectivity index (χ1v) is 5.72. The molecule has 3 heteroatoms. The van der Waals surface area contributed by atoms with Gasteiger partial charge in [-0.3, -0.25) is 0 Å². The van der Waals surface area contributed by atoms with Gasteiger partial charge in [0.1, 0.15) is 0 Å². The summed E-state index contributed by atoms with van der Waals surface area (Å²) in [5.74, 6) is 1.49. The Balaban J connectivity index is 2.33. The molecule has 1 heterocycles. The molecule has 1 aromatic rings. The van der Waals surface area contributed by atoms with Gasteiger partial charge in [-0.1, -0.05) is 6.92 Å². The molecule has 0 aromatic heterocycles. The molecule has 1 aliphatic heterocycles. The fourth-order valence-electron chi connectivity index (χ4n) is 2.38. The maximum absolute atomic E-state index is 9.67. The number of aromatic hydroxyl groups is 1. The highest BCUT2D eigenvalue weighted by Gasteiger charge is 2.24. The van der Waals surface area contributed by atoms with E-state index in [0.717, 1.165) is 18.5 Å². The minimum atomic E-state index is 0.217. The Kier molecular flexibility index (Phi) is 3.06. The molecule has 2 atom stereocenters. The first-order valence-electron chi connectivity index (χ1n) is 5.72. The molecular weight excluding hydrogens is 202 g/mol. The fraction of sp³-hybridized carbons (Fsp3) is 0.538. The summed E-state index contributed by atoms with van der Waals surface area (Å²) in [5, 5.41) is 13.2. The predicted octanol–water partition coefficient (Wildman–Crippen LogP) is 2.38. The normalized spacial score (nSPS) is 24.7. The summed E-state index contributed by atoms with van der Waals surface area (Å²) in [7, 11) is 1.58. The number of ether oxygens (including phenoxy) is 1. The second-order valence-corrected chi connectivity index (χ2v) is 4.68. The Morgan fingerprint density at radius 1 is 1.44 bits per heavy atom. The van der Waals surface area contributed by atoms with Crippen molar-refractivity contribution in [2.45, 2.75) is 26.3 Å². The Bertz CT molecular complexity index is 390. The molecule has 0 unspecified atom stereocenters. The monoisotopic (exact) mass is 221 g/mol. The van der Waals surface area contributed by atoms with E-state index in [2.05, 4.69) is 12.2 Å². The van der Waals surface area contributed by atoms with Crippen LogP contribution in [0, 0.1) is 12.8 Å². The van der Waals surface area contributed by atoms with Crippen molar-refractivity contribution in [3.63, 3.8) is 0 Å². The Hall–Kier alpha value is -1.22. The van der Waals surface area contributed by atoms with Gasteiger partial charge in [-0.25, -0.2) is 0 Å². The van der Waals surface area contributed by atoms with Gasteiger partial charge in [-0.05, 0) is 49.1 Å². The number of aryl methyl sites for hydroxylation is 1. The van der Waals surface area contributed by atoms with Gasteiger partial charge in [-0.2, -0.15) is 0 Å². The van der Waals surface area contributed by atoms with E-state index in [0.29, 0.717) is 17.7 Å². The summed E-state index contributed by atoms with van der Waals surface area (Å²) in [6.45, 7) is 5.34. The lowest BCUT2D eigenvalue weighted by Gasteiger charge is -2.16. The first kappa shape index (κ1) is 11.3. The number of rotatable bonds is 2. The third-order valence-electron chi connectivity index (χ3n) is 3.29. The van der Waals surface area contributed by atoms with Crippen LogP contribution in [0.25, 0.3) is 0 Å². The van der Waals surface area contributed by atoms with Crippen LogP contribution in [0.5, 0.6) is 11.5 Å². The highest BCUT2D eigenvalue weighted by Crippen LogP contribution is 2.35. The molecular formula is C13H19NO2. The van der Waals surface area contributed by atoms with Gasteiger partial charge >= 0.3 is 0 Å². The summed E-state index contributed by atoms with van der Waals surface area (Å²) in [4.78, 5) is 0. The molecule has 0 aliphatic carbocycles. The number of benzene rings is 1. The van der Waals surface area contributed by atoms with Crippen molar-refractivity contribution in [1.82, 2.24) is 5.32 Å². The standard InChI is InChI=1S/C13H19NO2/c1-8-4-11(14-7-8)10-6-13(16-3)12(15)5-9(10)2/h5-6,8,11,14-15H,4,7H2,1-3H3/t8-,11-/m0/s1. The molecule has 0 saturated carbocycles. The van der Waals surface area contributed by atoms with E-state index in [1.54, 1.807) is 13.2 Å². The van der Waals surface area contributed by atoms with Crippen LogP contribution in [-0.2, 0) is 0 Å². The van der Waals surface area contributed by atoms with Crippen molar-refractivity contribution in [2.75, 3.05) is 13.7 Å². The number of phenolic OH excluding ortho intramolecular Hbond substituents is 1. The van der Waals surface area contributed by atoms with Crippen LogP contribution in [0.3, 0.4) is 0 Å². The van der Waals surface area contributed by atoms with E-state index < -0.39 is 0 Å². The molecule has 1 fully saturated rings. The SMILES string of the molecule is COc1cc([C@@H]2C[C@H](C)CN2)c(C)cc1O. The van der Waals surface area contributed by atoms with Crippen LogP contribution >= 0.6 is 0 Å². The quantitative estimate of drug-likeness (QED) is 0.805. The second-order valence-electron chi connectivity index (χ2n) is 4.68. The maximum Gasteiger partial charge on any atom is 0.160 e. The molecule has 2 rings (SSSR count). The van der Waals surface area contributed by atoms with E-state index in [4.69, 9.17) is 4.74 Å². The maximum atomic E-state index is 9.67. The first-order chi connectivity index (χ1) is 7.61. The Morgan fingerprint density at radius 3 is 2.75 bits per heavy atom. The topological polar surface area (TPSA) is 41.5 Å². The zero-order chi connectivity index (χ0) is 11.7. The molecule has 0 amide bonds. The van der Waals surface area contributed by atoms with Crippen LogP contribution < -0.4 is 10.1 Å². The van der Waals surface area contributed by atoms with Crippen molar-refractivity contribution in [1.29, 1.82) is 0 Å². The molecule has 88 valence electrons. The minimum Gasteiger partial charge on any atom is -0.504 e. The average molecular weight is 221 g/mol. The number of methoxy groups -OCH3 is 1. The molecule has 1 aromatic carbocycles. The van der Waals surface area contributed by atoms with Gasteiger partial charge in [-0.15, -0.1) is 0 Å². The van der Waals surface area contributed by atoms with Crippen molar-refractivity contribution < 1.29 is 9.84 Å². The lowest BCUT2D eigenvalue weighted by molar-refractivity contribution is 0.372. The molecule has 0 spiro atoms. The largest absolute Gasteiger partial charge is 0.504 e. The van der Waals surface area contributed by atoms with E-state index in [9.17, 15) is 5.11 Å². The van der Waals surface area contributed by atoms with Gasteiger partial charge in [0.25, 0.3) is 0 Å². The highest BCUT2D eigenvalue weighted by molar-refractivity contribution is 5.47. The van der Waals surface area contributed by atoms with Crippen molar-refractivity contribution >= 4 is 0 Å². The zero-order valence-corrected chi connectivity index (χ0v) is 10.1. The summed E-state index contributed by atoms with van der Waals surface area (Å²) < 4.78 is 5.15. The lowest BCUT2D eigenvalue weighted by Crippen LogP contribution is -2.14. The van der Waals surface area contributed by atoms with Crippen LogP contribution in [0.15, 0.2) is 12.1 Å². The van der Waals surface area contributed by atoms with Gasteiger partial charge in [0.2, 0.25) is 0 Å². The third kappa shape index (κ3) is 2.00. The average Bonchev–Trinajstić information content (AvgIpc) is 2.65. The summed E-state index contributed by atoms with van der Waals surface area (Å²) in [5.41, 5.74) is 2.35. The molecule has 3 nitrogen and oxygen atoms in total. The number of hydrogen-bond acceptors (Lipinski definition) is 3. The Labute approximate surface area is 96.4 Å². The molecule has 16 heavy (non-hydrogen) atoms. The van der Waals surface area contributed by atoms with E-state index in [1.165, 1.54) is 5.56 Å². The van der Waals surface area contributed by atoms with Crippen LogP contribution in [0.2, 0.25) is 0 Å². The molecule has 2 N–H and O–H groups in total. The van der Waals surface area contributed by atoms with Gasteiger partial charge in [0.05, 0.1) is 7.11 Å². The summed E-state index contributed by atoms with van der Waals surface area (Å²) >= 11 is 0. The zero-order valence-electron chi connectivity index (χ0n) is 10.1. The van der Waals surface area contributed by atoms with E-state index in [-0.39, 0.29) is 5.75 Å². The van der Waals surface area contributed by atoms with Gasteiger partial charge in [0.15, 0.2) is 11.5 Å². The van der Waals surface area contributed by atoms with Gasteiger partial charge in [0, 0.05) is 6.04 Å². The molecule has 1 saturated heterocycles. The molecule has 0 radical (unpaired) electrons. The van der Waals surface area contributed by atoms with E-state index in [1.807, 2.05) is 13.0 Å². The van der Waals surface area contributed by atoms with E-state index >= 15 is 0 Å². The van der Waals surface area contributed by atoms with Crippen molar-refractivity contribution in [3.8, 4) is 11.5 Å². The smallest absolute Gasteiger partial charge is 0.160 e. The minimum absolute atomic E-state index is 0.217. The second kappa shape index (κ2) is 4.34. The van der Waals surface area contributed by atoms with Gasteiger partial charge < -0.3 is 15.2 Å². The van der Waals surface area contributed by atoms with Crippen LogP contribution in [0.4, 0.5) is 0 Å². The third-order valence-corrected chi connectivity index (χ3v) is 3.29. The number of nitrogens with one attached hydrogen (secondary N) is 1. The van der Waals surface area contributed by atoms with Crippen LogP contribution in [-0.4, -0.2) is 18.8 Å². The van der Waals surface area contributed by atoms with Crippen molar-refractivity contribution in [2.24, 2.45) is 5.92 Å². The summed E-state index contributed by atoms with van der Waals surface area (Å²) in [6.07, 6.45) is 1.15. The Morgan fingerprint density at radius 2 is 2.19 bits per heavy atom. The predicted molar refractivity (Wildman–Crippen MR) is 63.9 cm³/mol. The molecule has 0 bridgehead atoms. The number of hydrogen-bond donors (Lipinski definition) is 2. The lowest BCUT2D eigenvalue weighted by atomic mass is 9.97. The van der Waals surface area contributed by atoms with Crippen LogP contribution in [0.1, 0.15) is 30.5 Å². The molecule has 1 aliphatic rings.